The summed E-state index contributed by atoms with van der Waals surface area (Å²) in [6.07, 6.45) is 0. The van der Waals surface area contributed by atoms with Crippen molar-refractivity contribution in [1.82, 2.24) is 5.32 Å². The fourth-order valence-corrected chi connectivity index (χ4v) is 2.35. The Labute approximate surface area is 147 Å². The lowest BCUT2D eigenvalue weighted by Gasteiger charge is -2.11. The summed E-state index contributed by atoms with van der Waals surface area (Å²) in [4.78, 5) is 11.7. The van der Waals surface area contributed by atoms with Crippen LogP contribution in [0, 0.1) is 5.82 Å². The van der Waals surface area contributed by atoms with Crippen molar-refractivity contribution in [1.29, 1.82) is 0 Å². The average molecular weight is 378 g/mol. The molecule has 2 rings (SSSR count). The Morgan fingerprint density at radius 3 is 2.57 bits per heavy atom. The van der Waals surface area contributed by atoms with Crippen LogP contribution in [0.1, 0.15) is 0 Å². The standard InChI is InChI=1S/C15H12Cl3FN2O2/c16-9-1-3-13(11(17)7-9)21-15(22)20-5-6-23-14-4-2-10(19)8-12(14)18/h1-4,7-8H,5-6H2,(H2,20,21,22). The zero-order valence-electron chi connectivity index (χ0n) is 11.7. The number of amides is 2. The number of benzene rings is 2. The molecule has 8 heteroatoms. The zero-order valence-corrected chi connectivity index (χ0v) is 14.0. The first-order valence-electron chi connectivity index (χ1n) is 6.53. The van der Waals surface area contributed by atoms with Crippen LogP contribution in [0.3, 0.4) is 0 Å². The van der Waals surface area contributed by atoms with E-state index in [1.54, 1.807) is 12.1 Å². The van der Waals surface area contributed by atoms with Gasteiger partial charge in [-0.15, -0.1) is 0 Å². The first-order chi connectivity index (χ1) is 11.0. The fraction of sp³-hybridized carbons (Fsp3) is 0.133. The number of nitrogens with one attached hydrogen (secondary N) is 2. The number of anilines is 1. The van der Waals surface area contributed by atoms with Crippen molar-refractivity contribution >= 4 is 46.5 Å². The highest BCUT2D eigenvalue weighted by Crippen LogP contribution is 2.25. The highest BCUT2D eigenvalue weighted by molar-refractivity contribution is 6.36. The molecule has 0 saturated heterocycles. The monoisotopic (exact) mass is 376 g/mol. The summed E-state index contributed by atoms with van der Waals surface area (Å²) >= 11 is 17.5. The van der Waals surface area contributed by atoms with Gasteiger partial charge >= 0.3 is 6.03 Å². The zero-order chi connectivity index (χ0) is 16.8. The minimum Gasteiger partial charge on any atom is -0.490 e. The van der Waals surface area contributed by atoms with Gasteiger partial charge in [0.15, 0.2) is 0 Å². The van der Waals surface area contributed by atoms with E-state index in [9.17, 15) is 9.18 Å². The first-order valence-corrected chi connectivity index (χ1v) is 7.67. The number of urea groups is 1. The van der Waals surface area contributed by atoms with Crippen LogP contribution in [0.5, 0.6) is 5.75 Å². The smallest absolute Gasteiger partial charge is 0.319 e. The third kappa shape index (κ3) is 5.46. The van der Waals surface area contributed by atoms with Gasteiger partial charge in [-0.05, 0) is 36.4 Å². The van der Waals surface area contributed by atoms with E-state index in [0.29, 0.717) is 21.5 Å². The van der Waals surface area contributed by atoms with Gasteiger partial charge in [-0.3, -0.25) is 0 Å². The molecule has 4 nitrogen and oxygen atoms in total. The molecule has 122 valence electrons. The van der Waals surface area contributed by atoms with Gasteiger partial charge in [0, 0.05) is 5.02 Å². The Hall–Kier alpha value is -1.69. The highest BCUT2D eigenvalue weighted by atomic mass is 35.5. The number of hydrogen-bond donors (Lipinski definition) is 2. The van der Waals surface area contributed by atoms with Crippen LogP contribution >= 0.6 is 34.8 Å². The van der Waals surface area contributed by atoms with Crippen molar-refractivity contribution in [2.75, 3.05) is 18.5 Å². The predicted octanol–water partition coefficient (Wildman–Crippen LogP) is 4.99. The Morgan fingerprint density at radius 2 is 1.87 bits per heavy atom. The van der Waals surface area contributed by atoms with E-state index in [0.717, 1.165) is 6.07 Å². The topological polar surface area (TPSA) is 50.4 Å². The molecule has 0 unspecified atom stereocenters. The van der Waals surface area contributed by atoms with Crippen LogP contribution < -0.4 is 15.4 Å². The maximum absolute atomic E-state index is 12.9. The van der Waals surface area contributed by atoms with Crippen LogP contribution in [0.15, 0.2) is 36.4 Å². The van der Waals surface area contributed by atoms with Crippen LogP contribution in [-0.4, -0.2) is 19.2 Å². The number of carbonyl (C=O) groups excluding carboxylic acids is 1. The second-order valence-electron chi connectivity index (χ2n) is 4.43. The Bertz CT molecular complexity index is 713. The number of ether oxygens (including phenoxy) is 1. The molecule has 0 aromatic heterocycles. The average Bonchev–Trinajstić information content (AvgIpc) is 2.48. The van der Waals surface area contributed by atoms with Gasteiger partial charge in [0.1, 0.15) is 18.2 Å². The predicted molar refractivity (Wildman–Crippen MR) is 90.4 cm³/mol. The highest BCUT2D eigenvalue weighted by Gasteiger charge is 2.06. The second-order valence-corrected chi connectivity index (χ2v) is 5.68. The molecule has 0 spiro atoms. The van der Waals surface area contributed by atoms with E-state index in [2.05, 4.69) is 10.6 Å². The number of halogens is 4. The van der Waals surface area contributed by atoms with E-state index in [1.807, 2.05) is 0 Å². The van der Waals surface area contributed by atoms with Gasteiger partial charge in [0.2, 0.25) is 0 Å². The summed E-state index contributed by atoms with van der Waals surface area (Å²) in [6.45, 7) is 0.401. The maximum Gasteiger partial charge on any atom is 0.319 e. The minimum absolute atomic E-state index is 0.169. The molecule has 2 aromatic rings. The van der Waals surface area contributed by atoms with Crippen molar-refractivity contribution in [3.8, 4) is 5.75 Å². The van der Waals surface area contributed by atoms with E-state index < -0.39 is 11.8 Å². The van der Waals surface area contributed by atoms with Gasteiger partial charge in [-0.25, -0.2) is 9.18 Å². The number of carbonyl (C=O) groups is 1. The van der Waals surface area contributed by atoms with Gasteiger partial charge in [0.25, 0.3) is 0 Å². The molecule has 2 N–H and O–H groups in total. The molecular formula is C15H12Cl3FN2O2. The molecule has 0 aliphatic heterocycles. The lowest BCUT2D eigenvalue weighted by molar-refractivity contribution is 0.247. The lowest BCUT2D eigenvalue weighted by Crippen LogP contribution is -2.32. The quantitative estimate of drug-likeness (QED) is 0.722. The normalized spacial score (nSPS) is 10.3. The minimum atomic E-state index is -0.445. The molecule has 0 atom stereocenters. The molecule has 0 aliphatic carbocycles. The van der Waals surface area contributed by atoms with E-state index in [1.165, 1.54) is 18.2 Å². The molecule has 0 heterocycles. The lowest BCUT2D eigenvalue weighted by atomic mass is 10.3. The van der Waals surface area contributed by atoms with Gasteiger partial charge < -0.3 is 15.4 Å². The molecule has 0 radical (unpaired) electrons. The van der Waals surface area contributed by atoms with Gasteiger partial charge in [0.05, 0.1) is 22.3 Å². The fourth-order valence-electron chi connectivity index (χ4n) is 1.68. The van der Waals surface area contributed by atoms with E-state index in [4.69, 9.17) is 39.5 Å². The summed E-state index contributed by atoms with van der Waals surface area (Å²) in [5, 5.41) is 6.15. The number of hydrogen-bond acceptors (Lipinski definition) is 2. The van der Waals surface area contributed by atoms with Crippen LogP contribution in [-0.2, 0) is 0 Å². The Morgan fingerprint density at radius 1 is 1.09 bits per heavy atom. The molecule has 0 fully saturated rings. The summed E-state index contributed by atoms with van der Waals surface area (Å²) in [5.74, 6) is -0.101. The molecule has 0 aliphatic rings. The molecule has 23 heavy (non-hydrogen) atoms. The third-order valence-electron chi connectivity index (χ3n) is 2.72. The van der Waals surface area contributed by atoms with Crippen molar-refractivity contribution in [3.63, 3.8) is 0 Å². The molecule has 2 aromatic carbocycles. The summed E-state index contributed by atoms with van der Waals surface area (Å²) in [6, 6.07) is 8.11. The van der Waals surface area contributed by atoms with Crippen molar-refractivity contribution in [2.24, 2.45) is 0 Å². The Balaban J connectivity index is 1.76. The Kier molecular flexibility index (Phi) is 6.33. The largest absolute Gasteiger partial charge is 0.490 e. The summed E-state index contributed by atoms with van der Waals surface area (Å²) in [7, 11) is 0. The van der Waals surface area contributed by atoms with Gasteiger partial charge in [-0.1, -0.05) is 34.8 Å². The second kappa shape index (κ2) is 8.24. The maximum atomic E-state index is 12.9. The van der Waals surface area contributed by atoms with E-state index >= 15 is 0 Å². The SMILES string of the molecule is O=C(NCCOc1ccc(F)cc1Cl)Nc1ccc(Cl)cc1Cl. The molecular weight excluding hydrogens is 366 g/mol. The molecule has 2 amide bonds. The van der Waals surface area contributed by atoms with Crippen molar-refractivity contribution in [3.05, 3.63) is 57.3 Å². The molecule has 0 bridgehead atoms. The third-order valence-corrected chi connectivity index (χ3v) is 3.56. The van der Waals surface area contributed by atoms with Crippen LogP contribution in [0.2, 0.25) is 15.1 Å². The van der Waals surface area contributed by atoms with E-state index in [-0.39, 0.29) is 18.2 Å². The van der Waals surface area contributed by atoms with Crippen LogP contribution in [0.4, 0.5) is 14.9 Å². The summed E-state index contributed by atoms with van der Waals surface area (Å²) < 4.78 is 18.2. The van der Waals surface area contributed by atoms with Gasteiger partial charge in [-0.2, -0.15) is 0 Å². The summed E-state index contributed by atoms with van der Waals surface area (Å²) in [5.41, 5.74) is 0.441. The number of rotatable bonds is 5. The van der Waals surface area contributed by atoms with Crippen LogP contribution in [0.25, 0.3) is 0 Å². The first kappa shape index (κ1) is 17.7. The van der Waals surface area contributed by atoms with Crippen molar-refractivity contribution in [2.45, 2.75) is 0 Å². The van der Waals surface area contributed by atoms with Crippen molar-refractivity contribution < 1.29 is 13.9 Å². The molecule has 0 saturated carbocycles.